The van der Waals surface area contributed by atoms with Crippen LogP contribution in [-0.2, 0) is 6.54 Å². The summed E-state index contributed by atoms with van der Waals surface area (Å²) in [6.07, 6.45) is 2.16. The van der Waals surface area contributed by atoms with Crippen LogP contribution in [0.5, 0.6) is 0 Å². The first-order valence-electron chi connectivity index (χ1n) is 5.21. The molecule has 0 unspecified atom stereocenters. The van der Waals surface area contributed by atoms with Crippen LogP contribution in [0.3, 0.4) is 0 Å². The van der Waals surface area contributed by atoms with Crippen molar-refractivity contribution in [1.82, 2.24) is 15.6 Å². The summed E-state index contributed by atoms with van der Waals surface area (Å²) in [6.45, 7) is 0.982. The molecule has 0 atom stereocenters. The van der Waals surface area contributed by atoms with E-state index in [1.54, 1.807) is 19.3 Å². The third-order valence-electron chi connectivity index (χ3n) is 2.10. The lowest BCUT2D eigenvalue weighted by Crippen LogP contribution is -2.19. The maximum absolute atomic E-state index is 11.8. The van der Waals surface area contributed by atoms with E-state index in [9.17, 15) is 9.18 Å². The summed E-state index contributed by atoms with van der Waals surface area (Å²) in [4.78, 5) is 15.2. The van der Waals surface area contributed by atoms with Gasteiger partial charge >= 0.3 is 0 Å². The van der Waals surface area contributed by atoms with Crippen molar-refractivity contribution in [1.29, 1.82) is 0 Å². The van der Waals surface area contributed by atoms with Gasteiger partial charge in [-0.1, -0.05) is 6.07 Å². The van der Waals surface area contributed by atoms with Crippen LogP contribution < -0.4 is 10.6 Å². The summed E-state index contributed by atoms with van der Waals surface area (Å²) in [5.41, 5.74) is 1.38. The first kappa shape index (κ1) is 12.6. The third kappa shape index (κ3) is 3.94. The molecule has 0 aliphatic rings. The Morgan fingerprint density at radius 1 is 1.50 bits per heavy atom. The molecule has 0 fully saturated rings. The number of hydrogen-bond donors (Lipinski definition) is 2. The lowest BCUT2D eigenvalue weighted by atomic mass is 10.2. The van der Waals surface area contributed by atoms with E-state index in [2.05, 4.69) is 15.6 Å². The van der Waals surface area contributed by atoms with E-state index < -0.39 is 0 Å². The molecule has 0 bridgehead atoms. The molecule has 2 N–H and O–H groups in total. The minimum Gasteiger partial charge on any atom is -0.354 e. The van der Waals surface area contributed by atoms with Gasteiger partial charge in [-0.3, -0.25) is 14.2 Å². The number of carbonyl (C=O) groups excluding carboxylic acids is 1. The highest BCUT2D eigenvalue weighted by molar-refractivity contribution is 5.91. The molecule has 0 aromatic carbocycles. The van der Waals surface area contributed by atoms with Crippen LogP contribution >= 0.6 is 0 Å². The maximum atomic E-state index is 11.8. The van der Waals surface area contributed by atoms with Gasteiger partial charge in [0.25, 0.3) is 5.91 Å². The van der Waals surface area contributed by atoms with Crippen LogP contribution in [0.15, 0.2) is 18.3 Å². The Morgan fingerprint density at radius 3 is 2.88 bits per heavy atom. The summed E-state index contributed by atoms with van der Waals surface area (Å²) in [5.74, 6) is -0.197. The molecule has 1 heterocycles. The van der Waals surface area contributed by atoms with Gasteiger partial charge < -0.3 is 10.6 Å². The summed E-state index contributed by atoms with van der Waals surface area (Å²) < 4.78 is 11.8. The normalized spacial score (nSPS) is 10.1. The highest BCUT2D eigenvalue weighted by Crippen LogP contribution is 2.00. The Hall–Kier alpha value is -1.49. The number of pyridine rings is 1. The minimum atomic E-state index is -0.305. The largest absolute Gasteiger partial charge is 0.354 e. The molecule has 1 aromatic rings. The van der Waals surface area contributed by atoms with Gasteiger partial charge in [0, 0.05) is 19.8 Å². The van der Waals surface area contributed by atoms with Crippen LogP contribution in [0, 0.1) is 0 Å². The Kier molecular flexibility index (Phi) is 5.42. The second-order valence-electron chi connectivity index (χ2n) is 3.35. The smallest absolute Gasteiger partial charge is 0.269 e. The molecule has 4 nitrogen and oxygen atoms in total. The molecule has 0 spiro atoms. The van der Waals surface area contributed by atoms with E-state index in [0.717, 1.165) is 5.56 Å². The predicted molar refractivity (Wildman–Crippen MR) is 59.9 cm³/mol. The van der Waals surface area contributed by atoms with Crippen LogP contribution in [0.4, 0.5) is 4.39 Å². The molecule has 1 amide bonds. The number of aromatic nitrogens is 1. The molecular formula is C11H16FN3O. The van der Waals surface area contributed by atoms with Gasteiger partial charge in [0.2, 0.25) is 0 Å². The molecule has 0 aliphatic carbocycles. The quantitative estimate of drug-likeness (QED) is 0.707. The standard InChI is InChI=1S/C11H16FN3O/c1-13-11(16)10-4-3-9(8-15-10)7-14-6-2-5-12/h3-4,8,14H,2,5-7H2,1H3,(H,13,16). The third-order valence-corrected chi connectivity index (χ3v) is 2.10. The number of nitrogens with zero attached hydrogens (tertiary/aromatic N) is 1. The van der Waals surface area contributed by atoms with Gasteiger partial charge in [-0.25, -0.2) is 0 Å². The van der Waals surface area contributed by atoms with Crippen LogP contribution in [0.2, 0.25) is 0 Å². The van der Waals surface area contributed by atoms with E-state index in [4.69, 9.17) is 0 Å². The van der Waals surface area contributed by atoms with E-state index in [1.807, 2.05) is 6.07 Å². The zero-order chi connectivity index (χ0) is 11.8. The summed E-state index contributed by atoms with van der Waals surface area (Å²) in [7, 11) is 1.57. The first-order chi connectivity index (χ1) is 7.77. The topological polar surface area (TPSA) is 54.0 Å². The fraction of sp³-hybridized carbons (Fsp3) is 0.455. The average molecular weight is 225 g/mol. The monoisotopic (exact) mass is 225 g/mol. The van der Waals surface area contributed by atoms with E-state index in [1.165, 1.54) is 0 Å². The number of rotatable bonds is 6. The lowest BCUT2D eigenvalue weighted by molar-refractivity contribution is 0.0958. The predicted octanol–water partition coefficient (Wildman–Crippen LogP) is 0.890. The number of nitrogens with one attached hydrogen (secondary N) is 2. The zero-order valence-electron chi connectivity index (χ0n) is 9.29. The highest BCUT2D eigenvalue weighted by atomic mass is 19.1. The molecule has 0 saturated carbocycles. The fourth-order valence-corrected chi connectivity index (χ4v) is 1.22. The summed E-state index contributed by atoms with van der Waals surface area (Å²) in [5, 5.41) is 5.59. The molecule has 1 rings (SSSR count). The second-order valence-corrected chi connectivity index (χ2v) is 3.35. The number of alkyl halides is 1. The molecule has 0 aliphatic heterocycles. The first-order valence-corrected chi connectivity index (χ1v) is 5.21. The van der Waals surface area contributed by atoms with Gasteiger partial charge in [0.15, 0.2) is 0 Å². The highest BCUT2D eigenvalue weighted by Gasteiger charge is 2.03. The Labute approximate surface area is 94.3 Å². The Morgan fingerprint density at radius 2 is 2.31 bits per heavy atom. The SMILES string of the molecule is CNC(=O)c1ccc(CNCCCF)cn1. The van der Waals surface area contributed by atoms with Gasteiger partial charge in [-0.05, 0) is 24.6 Å². The van der Waals surface area contributed by atoms with E-state index in [-0.39, 0.29) is 12.6 Å². The van der Waals surface area contributed by atoms with E-state index in [0.29, 0.717) is 25.2 Å². The van der Waals surface area contributed by atoms with Gasteiger partial charge in [0.05, 0.1) is 6.67 Å². The summed E-state index contributed by atoms with van der Waals surface area (Å²) in [6, 6.07) is 3.50. The Bertz CT molecular complexity index is 327. The molecule has 88 valence electrons. The van der Waals surface area contributed by atoms with E-state index >= 15 is 0 Å². The van der Waals surface area contributed by atoms with Crippen molar-refractivity contribution >= 4 is 5.91 Å². The molecular weight excluding hydrogens is 209 g/mol. The van der Waals surface area contributed by atoms with Crippen LogP contribution in [-0.4, -0.2) is 31.2 Å². The van der Waals surface area contributed by atoms with Gasteiger partial charge in [0.1, 0.15) is 5.69 Å². The Balaban J connectivity index is 2.42. The number of halogens is 1. The number of carbonyl (C=O) groups is 1. The van der Waals surface area contributed by atoms with Crippen LogP contribution in [0.25, 0.3) is 0 Å². The van der Waals surface area contributed by atoms with Crippen molar-refractivity contribution in [2.24, 2.45) is 0 Å². The van der Waals surface area contributed by atoms with Crippen molar-refractivity contribution in [2.45, 2.75) is 13.0 Å². The van der Waals surface area contributed by atoms with Gasteiger partial charge in [-0.15, -0.1) is 0 Å². The zero-order valence-corrected chi connectivity index (χ0v) is 9.29. The minimum absolute atomic E-state index is 0.197. The van der Waals surface area contributed by atoms with Gasteiger partial charge in [-0.2, -0.15) is 0 Å². The fourth-order valence-electron chi connectivity index (χ4n) is 1.22. The molecule has 0 radical (unpaired) electrons. The molecule has 5 heteroatoms. The summed E-state index contributed by atoms with van der Waals surface area (Å²) >= 11 is 0. The van der Waals surface area contributed by atoms with Crippen molar-refractivity contribution < 1.29 is 9.18 Å². The van der Waals surface area contributed by atoms with Crippen molar-refractivity contribution in [3.05, 3.63) is 29.6 Å². The maximum Gasteiger partial charge on any atom is 0.269 e. The van der Waals surface area contributed by atoms with Crippen molar-refractivity contribution in [2.75, 3.05) is 20.3 Å². The van der Waals surface area contributed by atoms with Crippen molar-refractivity contribution in [3.63, 3.8) is 0 Å². The number of amides is 1. The molecule has 0 saturated heterocycles. The average Bonchev–Trinajstić information content (AvgIpc) is 2.34. The molecule has 16 heavy (non-hydrogen) atoms. The second kappa shape index (κ2) is 6.90. The van der Waals surface area contributed by atoms with Crippen LogP contribution in [0.1, 0.15) is 22.5 Å². The molecule has 1 aromatic heterocycles. The van der Waals surface area contributed by atoms with Crippen molar-refractivity contribution in [3.8, 4) is 0 Å². The number of hydrogen-bond acceptors (Lipinski definition) is 3. The lowest BCUT2D eigenvalue weighted by Gasteiger charge is -2.04.